The minimum Gasteiger partial charge on any atom is -0.254 e. The molecule has 0 aromatic carbocycles. The summed E-state index contributed by atoms with van der Waals surface area (Å²) in [5.41, 5.74) is 6.45. The average molecular weight is 803 g/mol. The van der Waals surface area contributed by atoms with Crippen molar-refractivity contribution in [3.05, 3.63) is 105 Å². The number of pyridine rings is 3. The van der Waals surface area contributed by atoms with Crippen molar-refractivity contribution in [1.82, 2.24) is 44.9 Å². The van der Waals surface area contributed by atoms with E-state index >= 15 is 0 Å². The predicted octanol–water partition coefficient (Wildman–Crippen LogP) is 7.36. The van der Waals surface area contributed by atoms with E-state index in [4.69, 9.17) is 34.8 Å². The van der Waals surface area contributed by atoms with Crippen LogP contribution in [0.1, 0.15) is 16.7 Å². The van der Waals surface area contributed by atoms with Crippen LogP contribution in [0.25, 0.3) is 34.2 Å². The molecule has 0 saturated carbocycles. The van der Waals surface area contributed by atoms with Gasteiger partial charge in [0.2, 0.25) is 20.2 Å². The molecule has 1 unspecified atom stereocenters. The maximum atomic E-state index is 11.4. The van der Waals surface area contributed by atoms with E-state index in [1.54, 1.807) is 30.9 Å². The van der Waals surface area contributed by atoms with E-state index in [1.165, 1.54) is 30.4 Å². The fourth-order valence-corrected chi connectivity index (χ4v) is 5.97. The fourth-order valence-electron chi connectivity index (χ4n) is 4.17. The summed E-state index contributed by atoms with van der Waals surface area (Å²) in [6.45, 7) is 5.75. The topological polar surface area (TPSA) is 167 Å². The zero-order chi connectivity index (χ0) is 37.3. The van der Waals surface area contributed by atoms with Gasteiger partial charge >= 0.3 is 0 Å². The number of thioether (sulfide) groups is 1. The zero-order valence-electron chi connectivity index (χ0n) is 28.0. The van der Waals surface area contributed by atoms with Crippen molar-refractivity contribution in [2.24, 2.45) is 0 Å². The van der Waals surface area contributed by atoms with E-state index in [0.29, 0.717) is 43.7 Å². The van der Waals surface area contributed by atoms with Crippen LogP contribution in [0, 0.1) is 20.8 Å². The second-order valence-corrected chi connectivity index (χ2v) is 15.7. The van der Waals surface area contributed by atoms with Crippen LogP contribution in [0.4, 0.5) is 0 Å². The molecule has 0 spiro atoms. The van der Waals surface area contributed by atoms with E-state index in [9.17, 15) is 12.6 Å². The Kier molecular flexibility index (Phi) is 14.0. The van der Waals surface area contributed by atoms with Crippen molar-refractivity contribution in [3.8, 4) is 34.2 Å². The van der Waals surface area contributed by atoms with E-state index in [0.717, 1.165) is 28.6 Å². The summed E-state index contributed by atoms with van der Waals surface area (Å²) >= 11 is 19.6. The molecule has 0 fully saturated rings. The molecule has 51 heavy (non-hydrogen) atoms. The number of halogens is 3. The summed E-state index contributed by atoms with van der Waals surface area (Å²) in [5, 5.41) is 1.90. The van der Waals surface area contributed by atoms with E-state index in [2.05, 4.69) is 44.9 Å². The highest BCUT2D eigenvalue weighted by Gasteiger charge is 2.17. The third kappa shape index (κ3) is 10.5. The Balaban J connectivity index is 0.000000172. The normalized spacial score (nSPS) is 11.5. The zero-order valence-corrected chi connectivity index (χ0v) is 32.8. The number of nitrogens with zero attached hydrogens (tertiary/aromatic N) is 9. The second kappa shape index (κ2) is 18.0. The van der Waals surface area contributed by atoms with Gasteiger partial charge in [-0.1, -0.05) is 64.8 Å². The van der Waals surface area contributed by atoms with Crippen molar-refractivity contribution in [1.29, 1.82) is 0 Å². The lowest BCUT2D eigenvalue weighted by molar-refractivity contribution is 0.593. The Morgan fingerprint density at radius 1 is 0.608 bits per heavy atom. The Hall–Kier alpha value is -3.99. The lowest BCUT2D eigenvalue weighted by Crippen LogP contribution is -2.05. The Bertz CT molecular complexity index is 2320. The molecule has 0 aliphatic rings. The molecule has 0 radical (unpaired) electrons. The van der Waals surface area contributed by atoms with Crippen LogP contribution in [0.2, 0.25) is 15.1 Å². The van der Waals surface area contributed by atoms with Crippen molar-refractivity contribution >= 4 is 67.2 Å². The molecule has 6 aromatic rings. The Morgan fingerprint density at radius 2 is 1.02 bits per heavy atom. The van der Waals surface area contributed by atoms with Crippen LogP contribution in [-0.4, -0.2) is 76.2 Å². The molecule has 0 bridgehead atoms. The maximum Gasteiger partial charge on any atom is 0.247 e. The van der Waals surface area contributed by atoms with Gasteiger partial charge in [-0.2, -0.15) is 0 Å². The molecule has 6 heterocycles. The largest absolute Gasteiger partial charge is 0.254 e. The van der Waals surface area contributed by atoms with Gasteiger partial charge in [-0.05, 0) is 61.9 Å². The minimum absolute atomic E-state index is 0.257. The molecule has 0 saturated heterocycles. The average Bonchev–Trinajstić information content (AvgIpc) is 3.10. The predicted molar refractivity (Wildman–Crippen MR) is 202 cm³/mol. The highest BCUT2D eigenvalue weighted by atomic mass is 35.5. The molecule has 0 aliphatic carbocycles. The van der Waals surface area contributed by atoms with E-state index < -0.39 is 20.6 Å². The third-order valence-corrected chi connectivity index (χ3v) is 9.60. The first-order valence-electron chi connectivity index (χ1n) is 14.6. The molecule has 18 heteroatoms. The molecule has 0 aliphatic heterocycles. The molecular weight excluding hydrogens is 773 g/mol. The van der Waals surface area contributed by atoms with Crippen LogP contribution in [0.15, 0.2) is 89.0 Å². The molecule has 6 aromatic heterocycles. The fraction of sp³-hybridized carbons (Fsp3) is 0.182. The first kappa shape index (κ1) is 39.8. The summed E-state index contributed by atoms with van der Waals surface area (Å²) in [7, 11) is -4.71. The third-order valence-electron chi connectivity index (χ3n) is 6.64. The van der Waals surface area contributed by atoms with Crippen LogP contribution in [0.3, 0.4) is 0 Å². The summed E-state index contributed by atoms with van der Waals surface area (Å²) in [4.78, 5) is 37.0. The van der Waals surface area contributed by atoms with Crippen molar-refractivity contribution in [2.75, 3.05) is 18.8 Å². The smallest absolute Gasteiger partial charge is 0.247 e. The summed E-state index contributed by atoms with van der Waals surface area (Å²) in [6, 6.07) is 11.3. The summed E-state index contributed by atoms with van der Waals surface area (Å²) in [5.74, 6) is 0. The number of rotatable bonds is 6. The monoisotopic (exact) mass is 801 g/mol. The van der Waals surface area contributed by atoms with Crippen LogP contribution in [-0.2, 0) is 20.6 Å². The maximum absolute atomic E-state index is 11.4. The SMILES string of the molecule is CSc1ncc(Cl)c(-c2ncccc2C)n1.Cc1cccnc1-c1nc(S(C)(=O)=O)ncc1Cl.Cc1cccnc1-c1nc(S(C)=O)ncc1Cl. The van der Waals surface area contributed by atoms with E-state index in [1.807, 2.05) is 57.4 Å². The molecule has 12 nitrogen and oxygen atoms in total. The van der Waals surface area contributed by atoms with Gasteiger partial charge in [-0.15, -0.1) is 0 Å². The Morgan fingerprint density at radius 3 is 1.43 bits per heavy atom. The minimum atomic E-state index is -3.47. The number of sulfone groups is 1. The highest BCUT2D eigenvalue weighted by Crippen LogP contribution is 2.29. The Labute approximate surface area is 317 Å². The molecule has 1 atom stereocenters. The quantitative estimate of drug-likeness (QED) is 0.121. The molecule has 6 rings (SSSR count). The number of aryl methyl sites for hydroxylation is 3. The summed E-state index contributed by atoms with van der Waals surface area (Å²) < 4.78 is 34.2. The highest BCUT2D eigenvalue weighted by molar-refractivity contribution is 7.98. The number of hydrogen-bond acceptors (Lipinski definition) is 13. The molecule has 0 N–H and O–H groups in total. The van der Waals surface area contributed by atoms with Crippen molar-refractivity contribution in [2.45, 2.75) is 36.2 Å². The van der Waals surface area contributed by atoms with E-state index in [-0.39, 0.29) is 15.3 Å². The van der Waals surface area contributed by atoms with Crippen LogP contribution >= 0.6 is 46.6 Å². The van der Waals surface area contributed by atoms with Crippen molar-refractivity contribution in [3.63, 3.8) is 0 Å². The van der Waals surface area contributed by atoms with Gasteiger partial charge in [-0.3, -0.25) is 19.2 Å². The van der Waals surface area contributed by atoms with Gasteiger partial charge < -0.3 is 0 Å². The molecular formula is C33H30Cl3N9O3S3. The molecule has 0 amide bonds. The number of aromatic nitrogens is 9. The van der Waals surface area contributed by atoms with Crippen LogP contribution in [0.5, 0.6) is 0 Å². The van der Waals surface area contributed by atoms with Gasteiger partial charge in [0.15, 0.2) is 5.16 Å². The molecule has 264 valence electrons. The first-order valence-corrected chi connectivity index (χ1v) is 20.4. The summed E-state index contributed by atoms with van der Waals surface area (Å²) in [6.07, 6.45) is 13.8. The van der Waals surface area contributed by atoms with Crippen LogP contribution < -0.4 is 0 Å². The van der Waals surface area contributed by atoms with Crippen molar-refractivity contribution < 1.29 is 12.6 Å². The first-order chi connectivity index (χ1) is 24.2. The second-order valence-electron chi connectivity index (χ2n) is 10.5. The lowest BCUT2D eigenvalue weighted by atomic mass is 10.1. The van der Waals surface area contributed by atoms with Gasteiger partial charge in [0.1, 0.15) is 17.1 Å². The lowest BCUT2D eigenvalue weighted by Gasteiger charge is -2.06. The number of hydrogen-bond donors (Lipinski definition) is 0. The van der Waals surface area contributed by atoms with Gasteiger partial charge in [0.25, 0.3) is 0 Å². The van der Waals surface area contributed by atoms with Gasteiger partial charge in [0, 0.05) is 31.1 Å². The van der Waals surface area contributed by atoms with Gasteiger partial charge in [0.05, 0.1) is 61.5 Å². The standard InChI is InChI=1S/C11H10ClN3O2S.C11H10ClN3OS.C11H10ClN3S/c1-7-4-3-5-13-9(7)10-8(12)6-14-11(15-10)18(2,16)17;1-7-4-3-5-13-9(7)10-8(12)6-14-11(15-10)17(2)16;1-7-4-3-5-13-9(7)10-8(12)6-14-11(15-10)16-2/h3-6H,1-2H3;3-6H,1-2H3;3-6H,1-2H3. The van der Waals surface area contributed by atoms with Gasteiger partial charge in [-0.25, -0.2) is 38.3 Å².